The first-order chi connectivity index (χ1) is 13.2. The molecule has 0 bridgehead atoms. The Bertz CT molecular complexity index is 911. The lowest BCUT2D eigenvalue weighted by Gasteiger charge is -2.08. The number of carbonyl (C=O) groups excluding carboxylic acids is 1. The Hall–Kier alpha value is -3.41. The summed E-state index contributed by atoms with van der Waals surface area (Å²) in [7, 11) is 3.24. The largest absolute Gasteiger partial charge is 0.497 e. The van der Waals surface area contributed by atoms with E-state index >= 15 is 0 Å². The number of hydrogen-bond acceptors (Lipinski definition) is 5. The van der Waals surface area contributed by atoms with Gasteiger partial charge in [-0.15, -0.1) is 0 Å². The summed E-state index contributed by atoms with van der Waals surface area (Å²) in [6.45, 7) is 0.342. The second-order valence-electron chi connectivity index (χ2n) is 5.93. The Balaban J connectivity index is 1.61. The SMILES string of the molecule is COc1ccc(-c2cc(CNC(=O)Cc3cccc(OC)c3)ncn2)cc1. The van der Waals surface area contributed by atoms with E-state index in [-0.39, 0.29) is 12.3 Å². The van der Waals surface area contributed by atoms with Gasteiger partial charge >= 0.3 is 0 Å². The topological polar surface area (TPSA) is 73.3 Å². The minimum absolute atomic E-state index is 0.0761. The molecule has 2 aromatic carbocycles. The Morgan fingerprint density at radius 2 is 1.74 bits per heavy atom. The molecule has 0 aliphatic rings. The molecule has 0 radical (unpaired) electrons. The van der Waals surface area contributed by atoms with E-state index in [0.29, 0.717) is 6.54 Å². The molecule has 0 saturated heterocycles. The lowest BCUT2D eigenvalue weighted by Crippen LogP contribution is -2.25. The minimum Gasteiger partial charge on any atom is -0.497 e. The molecule has 0 aliphatic carbocycles. The number of carbonyl (C=O) groups is 1. The monoisotopic (exact) mass is 363 g/mol. The molecule has 0 unspecified atom stereocenters. The predicted octanol–water partition coefficient (Wildman–Crippen LogP) is 3.02. The highest BCUT2D eigenvalue weighted by Crippen LogP contribution is 2.20. The van der Waals surface area contributed by atoms with Crippen LogP contribution in [0.5, 0.6) is 11.5 Å². The summed E-state index contributed by atoms with van der Waals surface area (Å²) in [5, 5.41) is 2.89. The summed E-state index contributed by atoms with van der Waals surface area (Å²) >= 11 is 0. The van der Waals surface area contributed by atoms with E-state index in [4.69, 9.17) is 9.47 Å². The molecular formula is C21H21N3O3. The first-order valence-electron chi connectivity index (χ1n) is 8.53. The highest BCUT2D eigenvalue weighted by atomic mass is 16.5. The number of methoxy groups -OCH3 is 2. The zero-order chi connectivity index (χ0) is 19.1. The van der Waals surface area contributed by atoms with Crippen molar-refractivity contribution in [3.63, 3.8) is 0 Å². The van der Waals surface area contributed by atoms with Crippen molar-refractivity contribution >= 4 is 5.91 Å². The molecule has 1 amide bonds. The molecule has 6 nitrogen and oxygen atoms in total. The number of benzene rings is 2. The van der Waals surface area contributed by atoms with Gasteiger partial charge in [-0.1, -0.05) is 12.1 Å². The summed E-state index contributed by atoms with van der Waals surface area (Å²) in [5.74, 6) is 1.45. The summed E-state index contributed by atoms with van der Waals surface area (Å²) in [5.41, 5.74) is 3.40. The standard InChI is InChI=1S/C21H21N3O3/c1-26-18-8-6-16(7-9-18)20-12-17(23-14-24-20)13-22-21(25)11-15-4-3-5-19(10-15)27-2/h3-10,12,14H,11,13H2,1-2H3,(H,22,25). The van der Waals surface area contributed by atoms with Crippen LogP contribution in [0.15, 0.2) is 60.9 Å². The van der Waals surface area contributed by atoms with Crippen molar-refractivity contribution in [2.75, 3.05) is 14.2 Å². The van der Waals surface area contributed by atoms with E-state index in [2.05, 4.69) is 15.3 Å². The van der Waals surface area contributed by atoms with Gasteiger partial charge < -0.3 is 14.8 Å². The van der Waals surface area contributed by atoms with Crippen molar-refractivity contribution in [1.29, 1.82) is 0 Å². The summed E-state index contributed by atoms with van der Waals surface area (Å²) in [6, 6.07) is 17.0. The van der Waals surface area contributed by atoms with Crippen molar-refractivity contribution in [2.24, 2.45) is 0 Å². The van der Waals surface area contributed by atoms with Crippen LogP contribution in [0.1, 0.15) is 11.3 Å². The van der Waals surface area contributed by atoms with E-state index in [1.54, 1.807) is 14.2 Å². The van der Waals surface area contributed by atoms with Crippen LogP contribution in [-0.4, -0.2) is 30.1 Å². The Kier molecular flexibility index (Phi) is 5.99. The molecule has 0 saturated carbocycles. The van der Waals surface area contributed by atoms with Crippen molar-refractivity contribution in [3.05, 3.63) is 72.2 Å². The van der Waals surface area contributed by atoms with Gasteiger partial charge in [-0.05, 0) is 48.0 Å². The van der Waals surface area contributed by atoms with Crippen LogP contribution in [0.25, 0.3) is 11.3 Å². The molecule has 0 aliphatic heterocycles. The number of nitrogens with zero attached hydrogens (tertiary/aromatic N) is 2. The van der Waals surface area contributed by atoms with Crippen molar-refractivity contribution in [1.82, 2.24) is 15.3 Å². The Morgan fingerprint density at radius 3 is 2.48 bits per heavy atom. The lowest BCUT2D eigenvalue weighted by molar-refractivity contribution is -0.120. The normalized spacial score (nSPS) is 10.3. The number of nitrogens with one attached hydrogen (secondary N) is 1. The molecule has 0 fully saturated rings. The molecule has 0 spiro atoms. The first-order valence-corrected chi connectivity index (χ1v) is 8.53. The van der Waals surface area contributed by atoms with Crippen LogP contribution in [0.3, 0.4) is 0 Å². The average molecular weight is 363 g/mol. The smallest absolute Gasteiger partial charge is 0.224 e. The fourth-order valence-corrected chi connectivity index (χ4v) is 2.63. The molecule has 0 atom stereocenters. The molecule has 1 heterocycles. The third-order valence-electron chi connectivity index (χ3n) is 4.07. The first kappa shape index (κ1) is 18.4. The van der Waals surface area contributed by atoms with Crippen LogP contribution in [-0.2, 0) is 17.8 Å². The lowest BCUT2D eigenvalue weighted by atomic mass is 10.1. The molecule has 6 heteroatoms. The van der Waals surface area contributed by atoms with E-state index < -0.39 is 0 Å². The number of rotatable bonds is 7. The van der Waals surface area contributed by atoms with Crippen molar-refractivity contribution < 1.29 is 14.3 Å². The second-order valence-corrected chi connectivity index (χ2v) is 5.93. The molecule has 3 aromatic rings. The van der Waals surface area contributed by atoms with Gasteiger partial charge in [0.25, 0.3) is 0 Å². The summed E-state index contributed by atoms with van der Waals surface area (Å²) in [6.07, 6.45) is 1.79. The maximum Gasteiger partial charge on any atom is 0.224 e. The zero-order valence-corrected chi connectivity index (χ0v) is 15.3. The second kappa shape index (κ2) is 8.80. The average Bonchev–Trinajstić information content (AvgIpc) is 2.72. The predicted molar refractivity (Wildman–Crippen MR) is 103 cm³/mol. The maximum atomic E-state index is 12.2. The van der Waals surface area contributed by atoms with E-state index in [0.717, 1.165) is 34.0 Å². The molecule has 1 N–H and O–H groups in total. The number of amides is 1. The van der Waals surface area contributed by atoms with Crippen LogP contribution in [0.4, 0.5) is 0 Å². The van der Waals surface area contributed by atoms with Gasteiger partial charge in [0, 0.05) is 5.56 Å². The van der Waals surface area contributed by atoms with Gasteiger partial charge in [0.05, 0.1) is 38.6 Å². The minimum atomic E-state index is -0.0761. The van der Waals surface area contributed by atoms with Crippen LogP contribution in [0.2, 0.25) is 0 Å². The van der Waals surface area contributed by atoms with Gasteiger partial charge in [-0.3, -0.25) is 4.79 Å². The molecule has 138 valence electrons. The van der Waals surface area contributed by atoms with E-state index in [1.165, 1.54) is 6.33 Å². The Morgan fingerprint density at radius 1 is 0.963 bits per heavy atom. The quantitative estimate of drug-likeness (QED) is 0.698. The van der Waals surface area contributed by atoms with Gasteiger partial charge in [0.1, 0.15) is 17.8 Å². The third-order valence-corrected chi connectivity index (χ3v) is 4.07. The molecule has 1 aromatic heterocycles. The highest BCUT2D eigenvalue weighted by molar-refractivity contribution is 5.78. The molecule has 3 rings (SSSR count). The number of hydrogen-bond donors (Lipinski definition) is 1. The van der Waals surface area contributed by atoms with Gasteiger partial charge in [0.15, 0.2) is 0 Å². The van der Waals surface area contributed by atoms with E-state index in [9.17, 15) is 4.79 Å². The van der Waals surface area contributed by atoms with Crippen molar-refractivity contribution in [2.45, 2.75) is 13.0 Å². The molecule has 27 heavy (non-hydrogen) atoms. The van der Waals surface area contributed by atoms with Crippen LogP contribution in [0, 0.1) is 0 Å². The Labute approximate surface area is 158 Å². The maximum absolute atomic E-state index is 12.2. The number of ether oxygens (including phenoxy) is 2. The van der Waals surface area contributed by atoms with Gasteiger partial charge in [0.2, 0.25) is 5.91 Å². The summed E-state index contributed by atoms with van der Waals surface area (Å²) < 4.78 is 10.3. The highest BCUT2D eigenvalue weighted by Gasteiger charge is 2.07. The van der Waals surface area contributed by atoms with Crippen LogP contribution >= 0.6 is 0 Å². The molecular weight excluding hydrogens is 342 g/mol. The number of aromatic nitrogens is 2. The zero-order valence-electron chi connectivity index (χ0n) is 15.3. The fraction of sp³-hybridized carbons (Fsp3) is 0.190. The van der Waals surface area contributed by atoms with E-state index in [1.807, 2.05) is 54.6 Å². The fourth-order valence-electron chi connectivity index (χ4n) is 2.63. The van der Waals surface area contributed by atoms with Crippen molar-refractivity contribution in [3.8, 4) is 22.8 Å². The summed E-state index contributed by atoms with van der Waals surface area (Å²) in [4.78, 5) is 20.7. The third kappa shape index (κ3) is 5.04. The van der Waals surface area contributed by atoms with Crippen LogP contribution < -0.4 is 14.8 Å². The van der Waals surface area contributed by atoms with Gasteiger partial charge in [-0.25, -0.2) is 9.97 Å². The van der Waals surface area contributed by atoms with Gasteiger partial charge in [-0.2, -0.15) is 0 Å².